The quantitative estimate of drug-likeness (QED) is 0.547. The second-order valence-corrected chi connectivity index (χ2v) is 10.6. The van der Waals surface area contributed by atoms with E-state index in [2.05, 4.69) is 61.1 Å². The highest BCUT2D eigenvalue weighted by atomic mass is 16.5. The van der Waals surface area contributed by atoms with Gasteiger partial charge < -0.3 is 19.3 Å². The van der Waals surface area contributed by atoms with Gasteiger partial charge in [-0.15, -0.1) is 0 Å². The van der Waals surface area contributed by atoms with Crippen LogP contribution in [0.4, 0.5) is 0 Å². The first-order valence-electron chi connectivity index (χ1n) is 11.8. The summed E-state index contributed by atoms with van der Waals surface area (Å²) in [4.78, 5) is 10.4. The molecule has 0 atom stereocenters. The Morgan fingerprint density at radius 2 is 0.759 bits per heavy atom. The van der Waals surface area contributed by atoms with Gasteiger partial charge in [0.05, 0.1) is 24.4 Å². The van der Waals surface area contributed by atoms with Gasteiger partial charge >= 0.3 is 0 Å². The van der Waals surface area contributed by atoms with Gasteiger partial charge in [-0.05, 0) is 61.1 Å². The first-order valence-corrected chi connectivity index (χ1v) is 11.8. The molecule has 0 aliphatic carbocycles. The average Bonchev–Trinajstić information content (AvgIpc) is 2.62. The number of hydrogen-bond donors (Lipinski definition) is 0. The summed E-state index contributed by atoms with van der Waals surface area (Å²) in [7, 11) is 0. The number of nitrogens with zero attached hydrogens (tertiary/aromatic N) is 4. The maximum atomic E-state index is 5.86. The van der Waals surface area contributed by atoms with Gasteiger partial charge in [0.25, 0.3) is 0 Å². The van der Waals surface area contributed by atoms with Crippen LogP contribution in [-0.2, 0) is 9.47 Å². The van der Waals surface area contributed by atoms with Crippen LogP contribution in [0.2, 0.25) is 0 Å². The molecule has 2 saturated heterocycles. The molecule has 0 amide bonds. The lowest BCUT2D eigenvalue weighted by Gasteiger charge is -2.37. The van der Waals surface area contributed by atoms with Gasteiger partial charge in [0, 0.05) is 65.4 Å². The Balaban J connectivity index is 1.47. The van der Waals surface area contributed by atoms with Crippen LogP contribution in [0, 0.1) is 0 Å². The molecule has 2 aliphatic rings. The fourth-order valence-electron chi connectivity index (χ4n) is 3.95. The molecule has 2 heterocycles. The standard InChI is InChI=1S/C23H48N4O2/c1-22(2,3)28-20-18-26-14-10-24(11-15-26)8-7-9-25-12-16-27(17-13-25)19-21-29-23(4,5)6/h7-21H2,1-6H3. The highest BCUT2D eigenvalue weighted by molar-refractivity contribution is 4.75. The van der Waals surface area contributed by atoms with Gasteiger partial charge in [-0.3, -0.25) is 9.80 Å². The van der Waals surface area contributed by atoms with E-state index in [9.17, 15) is 0 Å². The molecule has 29 heavy (non-hydrogen) atoms. The monoisotopic (exact) mass is 412 g/mol. The van der Waals surface area contributed by atoms with Gasteiger partial charge in [0.1, 0.15) is 0 Å². The Hall–Kier alpha value is -0.240. The Morgan fingerprint density at radius 1 is 0.483 bits per heavy atom. The van der Waals surface area contributed by atoms with Gasteiger partial charge in [0.2, 0.25) is 0 Å². The summed E-state index contributed by atoms with van der Waals surface area (Å²) in [6.45, 7) is 28.6. The summed E-state index contributed by atoms with van der Waals surface area (Å²) in [5.74, 6) is 0. The third-order valence-corrected chi connectivity index (χ3v) is 5.76. The summed E-state index contributed by atoms with van der Waals surface area (Å²) in [6, 6.07) is 0. The molecule has 2 aliphatic heterocycles. The highest BCUT2D eigenvalue weighted by Gasteiger charge is 2.20. The molecular weight excluding hydrogens is 364 g/mol. The third-order valence-electron chi connectivity index (χ3n) is 5.76. The molecule has 6 nitrogen and oxygen atoms in total. The van der Waals surface area contributed by atoms with Crippen LogP contribution in [0.3, 0.4) is 0 Å². The van der Waals surface area contributed by atoms with Crippen LogP contribution in [0.25, 0.3) is 0 Å². The second-order valence-electron chi connectivity index (χ2n) is 10.6. The van der Waals surface area contributed by atoms with E-state index in [-0.39, 0.29) is 11.2 Å². The van der Waals surface area contributed by atoms with E-state index in [0.29, 0.717) is 0 Å². The van der Waals surface area contributed by atoms with Gasteiger partial charge in [-0.2, -0.15) is 0 Å². The predicted molar refractivity (Wildman–Crippen MR) is 122 cm³/mol. The van der Waals surface area contributed by atoms with E-state index < -0.39 is 0 Å². The normalized spacial score (nSPS) is 21.7. The first kappa shape index (κ1) is 25.0. The number of ether oxygens (including phenoxy) is 2. The summed E-state index contributed by atoms with van der Waals surface area (Å²) in [5.41, 5.74) is -0.0407. The Morgan fingerprint density at radius 3 is 1.03 bits per heavy atom. The van der Waals surface area contributed by atoms with Crippen LogP contribution in [0.1, 0.15) is 48.0 Å². The predicted octanol–water partition coefficient (Wildman–Crippen LogP) is 2.24. The van der Waals surface area contributed by atoms with Crippen molar-refractivity contribution in [2.75, 3.05) is 91.8 Å². The molecule has 0 unspecified atom stereocenters. The minimum atomic E-state index is -0.0203. The maximum absolute atomic E-state index is 5.86. The zero-order chi connectivity index (χ0) is 21.3. The van der Waals surface area contributed by atoms with Crippen molar-refractivity contribution >= 4 is 0 Å². The van der Waals surface area contributed by atoms with Crippen LogP contribution < -0.4 is 0 Å². The molecule has 2 rings (SSSR count). The van der Waals surface area contributed by atoms with Gasteiger partial charge in [-0.25, -0.2) is 0 Å². The average molecular weight is 413 g/mol. The van der Waals surface area contributed by atoms with Crippen molar-refractivity contribution in [2.45, 2.75) is 59.2 Å². The van der Waals surface area contributed by atoms with E-state index in [0.717, 1.165) is 26.3 Å². The number of piperazine rings is 2. The summed E-state index contributed by atoms with van der Waals surface area (Å²) in [5, 5.41) is 0. The molecule has 0 saturated carbocycles. The van der Waals surface area contributed by atoms with Crippen molar-refractivity contribution in [3.8, 4) is 0 Å². The second kappa shape index (κ2) is 12.0. The minimum Gasteiger partial charge on any atom is -0.375 e. The van der Waals surface area contributed by atoms with E-state index in [1.807, 2.05) is 0 Å². The van der Waals surface area contributed by atoms with Crippen molar-refractivity contribution in [1.29, 1.82) is 0 Å². The molecule has 0 bridgehead atoms. The van der Waals surface area contributed by atoms with E-state index in [1.54, 1.807) is 0 Å². The fourth-order valence-corrected chi connectivity index (χ4v) is 3.95. The van der Waals surface area contributed by atoms with Crippen molar-refractivity contribution in [1.82, 2.24) is 19.6 Å². The lowest BCUT2D eigenvalue weighted by molar-refractivity contribution is -0.0185. The first-order chi connectivity index (χ1) is 13.6. The van der Waals surface area contributed by atoms with Crippen molar-refractivity contribution < 1.29 is 9.47 Å². The molecule has 0 N–H and O–H groups in total. The van der Waals surface area contributed by atoms with Crippen molar-refractivity contribution in [3.05, 3.63) is 0 Å². The lowest BCUT2D eigenvalue weighted by Crippen LogP contribution is -2.49. The largest absolute Gasteiger partial charge is 0.375 e. The number of rotatable bonds is 10. The summed E-state index contributed by atoms with van der Waals surface area (Å²) in [6.07, 6.45) is 1.29. The molecular formula is C23H48N4O2. The van der Waals surface area contributed by atoms with Crippen LogP contribution in [-0.4, -0.2) is 123 Å². The maximum Gasteiger partial charge on any atom is 0.0600 e. The molecule has 2 fully saturated rings. The zero-order valence-electron chi connectivity index (χ0n) is 20.2. The van der Waals surface area contributed by atoms with Crippen molar-refractivity contribution in [3.63, 3.8) is 0 Å². The van der Waals surface area contributed by atoms with Crippen LogP contribution in [0.5, 0.6) is 0 Å². The molecule has 6 heteroatoms. The SMILES string of the molecule is CC(C)(C)OCCN1CCN(CCCN2CCN(CCOC(C)(C)C)CC2)CC1. The Bertz CT molecular complexity index is 391. The highest BCUT2D eigenvalue weighted by Crippen LogP contribution is 2.09. The third kappa shape index (κ3) is 11.7. The fraction of sp³-hybridized carbons (Fsp3) is 1.00. The van der Waals surface area contributed by atoms with Crippen LogP contribution in [0.15, 0.2) is 0 Å². The zero-order valence-corrected chi connectivity index (χ0v) is 20.2. The lowest BCUT2D eigenvalue weighted by atomic mass is 10.2. The smallest absolute Gasteiger partial charge is 0.0600 e. The van der Waals surface area contributed by atoms with Gasteiger partial charge in [0.15, 0.2) is 0 Å². The number of hydrogen-bond acceptors (Lipinski definition) is 6. The molecule has 0 aromatic carbocycles. The molecule has 172 valence electrons. The summed E-state index contributed by atoms with van der Waals surface area (Å²) < 4.78 is 11.7. The summed E-state index contributed by atoms with van der Waals surface area (Å²) >= 11 is 0. The minimum absolute atomic E-state index is 0.0203. The van der Waals surface area contributed by atoms with E-state index in [4.69, 9.17) is 9.47 Å². The Kier molecular flexibility index (Phi) is 10.3. The Labute approximate surface area is 180 Å². The van der Waals surface area contributed by atoms with Crippen molar-refractivity contribution in [2.24, 2.45) is 0 Å². The van der Waals surface area contributed by atoms with E-state index in [1.165, 1.54) is 71.9 Å². The molecule has 0 aromatic rings. The van der Waals surface area contributed by atoms with Gasteiger partial charge in [-0.1, -0.05) is 0 Å². The molecule has 0 aromatic heterocycles. The van der Waals surface area contributed by atoms with Crippen LogP contribution >= 0.6 is 0 Å². The molecule has 0 radical (unpaired) electrons. The topological polar surface area (TPSA) is 31.4 Å². The van der Waals surface area contributed by atoms with E-state index >= 15 is 0 Å². The molecule has 0 spiro atoms.